The van der Waals surface area contributed by atoms with E-state index in [0.717, 1.165) is 16.7 Å². The van der Waals surface area contributed by atoms with Crippen molar-refractivity contribution in [3.05, 3.63) is 70.9 Å². The molecule has 1 aliphatic heterocycles. The van der Waals surface area contributed by atoms with Crippen molar-refractivity contribution in [3.8, 4) is 11.1 Å². The molecule has 1 fully saturated rings. The monoisotopic (exact) mass is 394 g/mol. The zero-order valence-corrected chi connectivity index (χ0v) is 16.1. The van der Waals surface area contributed by atoms with Gasteiger partial charge < -0.3 is 19.3 Å². The molecule has 3 heterocycles. The van der Waals surface area contributed by atoms with E-state index in [1.165, 1.54) is 4.57 Å². The van der Waals surface area contributed by atoms with E-state index in [2.05, 4.69) is 5.10 Å². The lowest BCUT2D eigenvalue weighted by molar-refractivity contribution is -0.150. The number of carbonyl (C=O) groups is 1. The molecule has 8 nitrogen and oxygen atoms in total. The number of hydrogen-bond donors (Lipinski definition) is 1. The predicted octanol–water partition coefficient (Wildman–Crippen LogP) is 1.59. The predicted molar refractivity (Wildman–Crippen MR) is 108 cm³/mol. The van der Waals surface area contributed by atoms with Crippen molar-refractivity contribution in [3.63, 3.8) is 0 Å². The summed E-state index contributed by atoms with van der Waals surface area (Å²) in [5, 5.41) is 13.8. The van der Waals surface area contributed by atoms with Crippen LogP contribution in [-0.4, -0.2) is 51.2 Å². The number of aromatic nitrogens is 3. The number of morpholine rings is 1. The molecule has 0 radical (unpaired) electrons. The van der Waals surface area contributed by atoms with E-state index in [1.807, 2.05) is 46.1 Å². The van der Waals surface area contributed by atoms with Gasteiger partial charge in [0, 0.05) is 43.2 Å². The molecular weight excluding hydrogens is 372 g/mol. The van der Waals surface area contributed by atoms with Gasteiger partial charge in [0.05, 0.1) is 31.6 Å². The van der Waals surface area contributed by atoms with Gasteiger partial charge in [-0.05, 0) is 5.56 Å². The van der Waals surface area contributed by atoms with Crippen LogP contribution in [0, 0.1) is 0 Å². The fourth-order valence-electron chi connectivity index (χ4n) is 3.48. The van der Waals surface area contributed by atoms with Gasteiger partial charge in [0.15, 0.2) is 6.10 Å². The molecule has 1 atom stereocenters. The van der Waals surface area contributed by atoms with Crippen molar-refractivity contribution in [1.82, 2.24) is 14.3 Å². The zero-order valence-electron chi connectivity index (χ0n) is 16.1. The van der Waals surface area contributed by atoms with Gasteiger partial charge in [-0.1, -0.05) is 30.3 Å². The topological polar surface area (TPSA) is 89.6 Å². The lowest BCUT2D eigenvalue weighted by atomic mass is 10.1. The standard InChI is InChI=1S/C21H22N4O4/c1-23-13-17(16-10-22-25(12-16)11-15-5-3-2-4-6-15)18(9-20(23)26)24-7-8-29-19(14-24)21(27)28/h2-6,9-10,12-13,19H,7-8,11,14H2,1H3,(H,27,28)/t19-/m0/s1. The molecule has 0 saturated carbocycles. The number of benzene rings is 1. The molecule has 2 aromatic heterocycles. The molecule has 0 bridgehead atoms. The van der Waals surface area contributed by atoms with Gasteiger partial charge in [-0.2, -0.15) is 5.10 Å². The summed E-state index contributed by atoms with van der Waals surface area (Å²) >= 11 is 0. The third-order valence-electron chi connectivity index (χ3n) is 5.02. The highest BCUT2D eigenvalue weighted by Crippen LogP contribution is 2.30. The lowest BCUT2D eigenvalue weighted by Crippen LogP contribution is -2.46. The summed E-state index contributed by atoms with van der Waals surface area (Å²) in [6.07, 6.45) is 4.56. The van der Waals surface area contributed by atoms with Gasteiger partial charge in [-0.25, -0.2) is 4.79 Å². The maximum atomic E-state index is 12.3. The van der Waals surface area contributed by atoms with Gasteiger partial charge in [0.1, 0.15) is 0 Å². The summed E-state index contributed by atoms with van der Waals surface area (Å²) < 4.78 is 8.68. The van der Waals surface area contributed by atoms with Gasteiger partial charge in [-0.3, -0.25) is 9.48 Å². The van der Waals surface area contributed by atoms with Crippen molar-refractivity contribution < 1.29 is 14.6 Å². The Bertz CT molecular complexity index is 1070. The van der Waals surface area contributed by atoms with Crippen LogP contribution in [0.5, 0.6) is 0 Å². The smallest absolute Gasteiger partial charge is 0.334 e. The Hall–Kier alpha value is -3.39. The van der Waals surface area contributed by atoms with Crippen LogP contribution < -0.4 is 10.5 Å². The molecule has 0 unspecified atom stereocenters. The maximum Gasteiger partial charge on any atom is 0.334 e. The van der Waals surface area contributed by atoms with E-state index in [1.54, 1.807) is 25.5 Å². The number of hydrogen-bond acceptors (Lipinski definition) is 5. The highest BCUT2D eigenvalue weighted by molar-refractivity contribution is 5.79. The third kappa shape index (κ3) is 4.07. The van der Waals surface area contributed by atoms with E-state index < -0.39 is 12.1 Å². The van der Waals surface area contributed by atoms with Crippen LogP contribution in [0.4, 0.5) is 5.69 Å². The summed E-state index contributed by atoms with van der Waals surface area (Å²) in [6.45, 7) is 1.63. The summed E-state index contributed by atoms with van der Waals surface area (Å²) in [7, 11) is 1.70. The minimum absolute atomic E-state index is 0.154. The van der Waals surface area contributed by atoms with Gasteiger partial charge in [0.2, 0.25) is 0 Å². The van der Waals surface area contributed by atoms with Crippen LogP contribution in [0.25, 0.3) is 11.1 Å². The SMILES string of the molecule is Cn1cc(-c2cnn(Cc3ccccc3)c2)c(N2CCO[C@H](C(=O)O)C2)cc1=O. The van der Waals surface area contributed by atoms with Crippen molar-refractivity contribution in [2.24, 2.45) is 7.05 Å². The fourth-order valence-corrected chi connectivity index (χ4v) is 3.48. The highest BCUT2D eigenvalue weighted by Gasteiger charge is 2.28. The van der Waals surface area contributed by atoms with Crippen molar-refractivity contribution in [2.45, 2.75) is 12.6 Å². The minimum atomic E-state index is -1.00. The Kier molecular flexibility index (Phi) is 5.18. The normalized spacial score (nSPS) is 16.7. The molecule has 8 heteroatoms. The number of ether oxygens (including phenoxy) is 1. The first kappa shape index (κ1) is 18.9. The molecule has 1 saturated heterocycles. The number of aryl methyl sites for hydroxylation is 1. The fraction of sp³-hybridized carbons (Fsp3) is 0.286. The summed E-state index contributed by atoms with van der Waals surface area (Å²) in [4.78, 5) is 25.5. The van der Waals surface area contributed by atoms with E-state index in [-0.39, 0.29) is 12.1 Å². The Morgan fingerprint density at radius 3 is 2.83 bits per heavy atom. The van der Waals surface area contributed by atoms with Crippen LogP contribution in [0.1, 0.15) is 5.56 Å². The first-order chi connectivity index (χ1) is 14.0. The minimum Gasteiger partial charge on any atom is -0.479 e. The Balaban J connectivity index is 1.68. The van der Waals surface area contributed by atoms with E-state index in [0.29, 0.717) is 25.4 Å². The number of carboxylic acids is 1. The number of anilines is 1. The molecule has 150 valence electrons. The first-order valence-corrected chi connectivity index (χ1v) is 9.38. The second kappa shape index (κ2) is 7.92. The molecule has 4 rings (SSSR count). The van der Waals surface area contributed by atoms with Gasteiger partial charge in [-0.15, -0.1) is 0 Å². The largest absolute Gasteiger partial charge is 0.479 e. The highest BCUT2D eigenvalue weighted by atomic mass is 16.5. The summed E-state index contributed by atoms with van der Waals surface area (Å²) in [5.74, 6) is -1.00. The Morgan fingerprint density at radius 1 is 1.28 bits per heavy atom. The number of pyridine rings is 1. The van der Waals surface area contributed by atoms with E-state index in [9.17, 15) is 14.7 Å². The average molecular weight is 394 g/mol. The Morgan fingerprint density at radius 2 is 2.07 bits per heavy atom. The molecule has 0 spiro atoms. The first-order valence-electron chi connectivity index (χ1n) is 9.38. The third-order valence-corrected chi connectivity index (χ3v) is 5.02. The van der Waals surface area contributed by atoms with Crippen LogP contribution >= 0.6 is 0 Å². The Labute approximate surface area is 167 Å². The van der Waals surface area contributed by atoms with E-state index >= 15 is 0 Å². The quantitative estimate of drug-likeness (QED) is 0.707. The number of rotatable bonds is 5. The zero-order chi connectivity index (χ0) is 20.4. The molecule has 0 aliphatic carbocycles. The van der Waals surface area contributed by atoms with Gasteiger partial charge >= 0.3 is 5.97 Å². The number of aliphatic carboxylic acids is 1. The van der Waals surface area contributed by atoms with Crippen LogP contribution in [-0.2, 0) is 23.1 Å². The molecule has 1 N–H and O–H groups in total. The van der Waals surface area contributed by atoms with Crippen molar-refractivity contribution >= 4 is 11.7 Å². The molecule has 3 aromatic rings. The van der Waals surface area contributed by atoms with Crippen LogP contribution in [0.3, 0.4) is 0 Å². The van der Waals surface area contributed by atoms with E-state index in [4.69, 9.17) is 4.74 Å². The second-order valence-corrected chi connectivity index (χ2v) is 7.08. The maximum absolute atomic E-state index is 12.3. The molecule has 29 heavy (non-hydrogen) atoms. The summed E-state index contributed by atoms with van der Waals surface area (Å²) in [5.41, 5.74) is 3.38. The van der Waals surface area contributed by atoms with Crippen molar-refractivity contribution in [1.29, 1.82) is 0 Å². The van der Waals surface area contributed by atoms with Crippen LogP contribution in [0.15, 0.2) is 59.8 Å². The second-order valence-electron chi connectivity index (χ2n) is 7.08. The van der Waals surface area contributed by atoms with Gasteiger partial charge in [0.25, 0.3) is 5.56 Å². The molecule has 1 aromatic carbocycles. The molecular formula is C21H22N4O4. The number of carboxylic acid groups (broad SMARTS) is 1. The van der Waals surface area contributed by atoms with Crippen LogP contribution in [0.2, 0.25) is 0 Å². The van der Waals surface area contributed by atoms with Crippen molar-refractivity contribution in [2.75, 3.05) is 24.6 Å². The number of nitrogens with zero attached hydrogens (tertiary/aromatic N) is 4. The lowest BCUT2D eigenvalue weighted by Gasteiger charge is -2.33. The average Bonchev–Trinajstić information content (AvgIpc) is 3.19. The summed E-state index contributed by atoms with van der Waals surface area (Å²) in [6, 6.07) is 11.6. The molecule has 0 amide bonds. The molecule has 1 aliphatic rings.